The smallest absolute Gasteiger partial charge is 0.424 e. The molecule has 0 spiro atoms. The van der Waals surface area contributed by atoms with E-state index in [-0.39, 0.29) is 16.4 Å². The maximum Gasteiger partial charge on any atom is 0.424 e. The third-order valence-electron chi connectivity index (χ3n) is 4.00. The van der Waals surface area contributed by atoms with Crippen LogP contribution in [0.25, 0.3) is 0 Å². The highest BCUT2D eigenvalue weighted by molar-refractivity contribution is 7.91. The molecule has 0 aliphatic carbocycles. The van der Waals surface area contributed by atoms with E-state index in [0.29, 0.717) is 4.31 Å². The number of cyclic esters (lactones) is 1. The lowest BCUT2D eigenvalue weighted by atomic mass is 10.2. The van der Waals surface area contributed by atoms with Crippen molar-refractivity contribution in [1.82, 2.24) is 4.31 Å². The van der Waals surface area contributed by atoms with E-state index in [4.69, 9.17) is 4.74 Å². The molecule has 1 aliphatic rings. The highest BCUT2D eigenvalue weighted by Gasteiger charge is 2.44. The maximum absolute atomic E-state index is 12.8. The summed E-state index contributed by atoms with van der Waals surface area (Å²) in [5.74, 6) is -0.548. The molecule has 3 rings (SSSR count). The summed E-state index contributed by atoms with van der Waals surface area (Å²) < 4.78 is 56.1. The largest absolute Gasteiger partial charge is 0.446 e. The second-order valence-electron chi connectivity index (χ2n) is 5.94. The van der Waals surface area contributed by atoms with Gasteiger partial charge in [0.2, 0.25) is 0 Å². The van der Waals surface area contributed by atoms with Gasteiger partial charge in [-0.3, -0.25) is 0 Å². The van der Waals surface area contributed by atoms with Crippen LogP contribution >= 0.6 is 0 Å². The van der Waals surface area contributed by atoms with Crippen molar-refractivity contribution in [3.8, 4) is 0 Å². The van der Waals surface area contributed by atoms with Gasteiger partial charge in [0, 0.05) is 0 Å². The molecule has 0 radical (unpaired) electrons. The molecule has 2 aromatic carbocycles. The Bertz CT molecular complexity index is 1010. The predicted molar refractivity (Wildman–Crippen MR) is 93.8 cm³/mol. The van der Waals surface area contributed by atoms with Crippen LogP contribution in [0.3, 0.4) is 0 Å². The van der Waals surface area contributed by atoms with Gasteiger partial charge in [-0.05, 0) is 31.2 Å². The van der Waals surface area contributed by atoms with Gasteiger partial charge < -0.3 is 4.74 Å². The third kappa shape index (κ3) is 3.45. The minimum atomic E-state index is -4.21. The maximum atomic E-state index is 12.8. The molecule has 1 aliphatic heterocycles. The van der Waals surface area contributed by atoms with Gasteiger partial charge in [0.1, 0.15) is 12.6 Å². The summed E-state index contributed by atoms with van der Waals surface area (Å²) in [6.07, 6.45) is -1.07. The van der Waals surface area contributed by atoms with Gasteiger partial charge in [-0.15, -0.1) is 0 Å². The van der Waals surface area contributed by atoms with Crippen molar-refractivity contribution in [3.05, 3.63) is 60.2 Å². The summed E-state index contributed by atoms with van der Waals surface area (Å²) in [5, 5.41) is 0. The molecule has 1 heterocycles. The van der Waals surface area contributed by atoms with Crippen molar-refractivity contribution in [3.63, 3.8) is 0 Å². The number of hydrogen-bond donors (Lipinski definition) is 0. The number of amides is 1. The molecule has 1 amide bonds. The molecule has 9 heteroatoms. The predicted octanol–water partition coefficient (Wildman–Crippen LogP) is 1.98. The lowest BCUT2D eigenvalue weighted by molar-refractivity contribution is 0.170. The Hall–Kier alpha value is -2.39. The Balaban J connectivity index is 1.93. The van der Waals surface area contributed by atoms with Gasteiger partial charge in [0.15, 0.2) is 9.84 Å². The first-order valence-corrected chi connectivity index (χ1v) is 10.9. The monoisotopic (exact) mass is 395 g/mol. The molecular formula is C17H17NO6S2. The SMILES string of the molecule is Cc1ccc(S(=O)(=O)N2C(=O)OC[C@H]2CS(=O)(=O)c2ccccc2)cc1. The fourth-order valence-electron chi connectivity index (χ4n) is 2.66. The fraction of sp³-hybridized carbons (Fsp3) is 0.235. The van der Waals surface area contributed by atoms with E-state index in [2.05, 4.69) is 0 Å². The van der Waals surface area contributed by atoms with Gasteiger partial charge in [0.25, 0.3) is 10.0 Å². The fourth-order valence-corrected chi connectivity index (χ4v) is 5.75. The number of ether oxygens (including phenoxy) is 1. The summed E-state index contributed by atoms with van der Waals surface area (Å²) in [4.78, 5) is 12.0. The number of aryl methyl sites for hydroxylation is 1. The van der Waals surface area contributed by atoms with Crippen molar-refractivity contribution in [2.45, 2.75) is 22.8 Å². The normalized spacial score (nSPS) is 18.0. The quantitative estimate of drug-likeness (QED) is 0.768. The van der Waals surface area contributed by atoms with E-state index < -0.39 is 37.7 Å². The summed E-state index contributed by atoms with van der Waals surface area (Å²) in [5.41, 5.74) is 0.858. The lowest BCUT2D eigenvalue weighted by Gasteiger charge is -2.21. The number of benzene rings is 2. The molecule has 0 N–H and O–H groups in total. The third-order valence-corrected chi connectivity index (χ3v) is 7.65. The molecule has 2 aromatic rings. The molecule has 0 aromatic heterocycles. The summed E-state index contributed by atoms with van der Waals surface area (Å²) in [7, 11) is -8.00. The molecule has 0 unspecified atom stereocenters. The standard InChI is InChI=1S/C17H17NO6S2/c1-13-7-9-16(10-8-13)26(22,23)18-14(11-24-17(18)19)12-25(20,21)15-5-3-2-4-6-15/h2-10,14H,11-12H2,1H3/t14-/m0/s1. The molecular weight excluding hydrogens is 378 g/mol. The van der Waals surface area contributed by atoms with E-state index in [1.807, 2.05) is 0 Å². The lowest BCUT2D eigenvalue weighted by Crippen LogP contribution is -2.42. The van der Waals surface area contributed by atoms with Crippen LogP contribution in [0.1, 0.15) is 5.56 Å². The molecule has 138 valence electrons. The molecule has 0 bridgehead atoms. The Morgan fingerprint density at radius 1 is 0.962 bits per heavy atom. The van der Waals surface area contributed by atoms with Gasteiger partial charge in [-0.25, -0.2) is 21.6 Å². The van der Waals surface area contributed by atoms with Crippen LogP contribution in [-0.2, 0) is 24.6 Å². The average Bonchev–Trinajstić information content (AvgIpc) is 2.96. The Morgan fingerprint density at radius 3 is 2.19 bits per heavy atom. The van der Waals surface area contributed by atoms with E-state index in [0.717, 1.165) is 5.56 Å². The first kappa shape index (κ1) is 18.4. The topological polar surface area (TPSA) is 97.8 Å². The number of hydrogen-bond acceptors (Lipinski definition) is 6. The van der Waals surface area contributed by atoms with E-state index in [1.54, 1.807) is 37.3 Å². The van der Waals surface area contributed by atoms with Gasteiger partial charge >= 0.3 is 6.09 Å². The van der Waals surface area contributed by atoms with Crippen LogP contribution in [0.4, 0.5) is 4.79 Å². The number of nitrogens with zero attached hydrogens (tertiary/aromatic N) is 1. The zero-order valence-electron chi connectivity index (χ0n) is 13.9. The zero-order chi connectivity index (χ0) is 18.9. The van der Waals surface area contributed by atoms with Crippen molar-refractivity contribution >= 4 is 26.0 Å². The number of sulfonamides is 1. The van der Waals surface area contributed by atoms with Gasteiger partial charge in [-0.1, -0.05) is 35.9 Å². The summed E-state index contributed by atoms with van der Waals surface area (Å²) in [6.45, 7) is 1.49. The summed E-state index contributed by atoms with van der Waals surface area (Å²) in [6, 6.07) is 12.5. The molecule has 1 fully saturated rings. The van der Waals surface area contributed by atoms with Crippen molar-refractivity contribution in [1.29, 1.82) is 0 Å². The Kier molecular flexibility index (Phi) is 4.76. The van der Waals surface area contributed by atoms with E-state index in [1.165, 1.54) is 24.3 Å². The van der Waals surface area contributed by atoms with Crippen LogP contribution < -0.4 is 0 Å². The molecule has 0 saturated carbocycles. The first-order valence-electron chi connectivity index (χ1n) is 7.77. The van der Waals surface area contributed by atoms with E-state index in [9.17, 15) is 21.6 Å². The molecule has 7 nitrogen and oxygen atoms in total. The second kappa shape index (κ2) is 6.73. The van der Waals surface area contributed by atoms with Crippen LogP contribution in [0, 0.1) is 6.92 Å². The Morgan fingerprint density at radius 2 is 1.58 bits per heavy atom. The van der Waals surface area contributed by atoms with Gasteiger partial charge in [0.05, 0.1) is 15.5 Å². The van der Waals surface area contributed by atoms with Crippen LogP contribution in [0.5, 0.6) is 0 Å². The van der Waals surface area contributed by atoms with Crippen molar-refractivity contribution in [2.75, 3.05) is 12.4 Å². The van der Waals surface area contributed by atoms with E-state index >= 15 is 0 Å². The van der Waals surface area contributed by atoms with Gasteiger partial charge in [-0.2, -0.15) is 4.31 Å². The average molecular weight is 395 g/mol. The number of sulfone groups is 1. The Labute approximate surface area is 152 Å². The highest BCUT2D eigenvalue weighted by atomic mass is 32.2. The van der Waals surface area contributed by atoms with Crippen molar-refractivity contribution in [2.24, 2.45) is 0 Å². The minimum Gasteiger partial charge on any atom is -0.446 e. The van der Waals surface area contributed by atoms with Crippen LogP contribution in [0.15, 0.2) is 64.4 Å². The second-order valence-corrected chi connectivity index (χ2v) is 9.79. The molecule has 1 saturated heterocycles. The number of rotatable bonds is 5. The van der Waals surface area contributed by atoms with Crippen LogP contribution in [0.2, 0.25) is 0 Å². The van der Waals surface area contributed by atoms with Crippen molar-refractivity contribution < 1.29 is 26.4 Å². The van der Waals surface area contributed by atoms with Crippen LogP contribution in [-0.4, -0.2) is 45.6 Å². The number of carbonyl (C=O) groups excluding carboxylic acids is 1. The first-order chi connectivity index (χ1) is 12.2. The number of carbonyl (C=O) groups is 1. The minimum absolute atomic E-state index is 0.0621. The molecule has 1 atom stereocenters. The highest BCUT2D eigenvalue weighted by Crippen LogP contribution is 2.26. The zero-order valence-corrected chi connectivity index (χ0v) is 15.5. The molecule has 26 heavy (non-hydrogen) atoms. The summed E-state index contributed by atoms with van der Waals surface area (Å²) >= 11 is 0.